The third-order valence-corrected chi connectivity index (χ3v) is 3.83. The van der Waals surface area contributed by atoms with Crippen molar-refractivity contribution in [3.05, 3.63) is 12.4 Å². The van der Waals surface area contributed by atoms with Crippen LogP contribution >= 0.6 is 0 Å². The first-order chi connectivity index (χ1) is 8.16. The van der Waals surface area contributed by atoms with Gasteiger partial charge in [-0.05, 0) is 0 Å². The molecule has 0 bridgehead atoms. The smallest absolute Gasteiger partial charge is 0.329 e. The lowest BCUT2D eigenvalue weighted by Crippen LogP contribution is -2.35. The van der Waals surface area contributed by atoms with Gasteiger partial charge in [0.05, 0.1) is 12.7 Å². The molecule has 0 aromatic carbocycles. The predicted octanol–water partition coefficient (Wildman–Crippen LogP) is 0.0246. The molecule has 1 aromatic heterocycles. The highest BCUT2D eigenvalue weighted by atomic mass is 32.2. The first kappa shape index (κ1) is 14.9. The largest absolute Gasteiger partial charge is 0.402 e. The Balaban J connectivity index is 2.91. The molecule has 0 amide bonds. The van der Waals surface area contributed by atoms with Crippen LogP contribution in [-0.2, 0) is 16.6 Å². The fourth-order valence-corrected chi connectivity index (χ4v) is 2.36. The molecule has 104 valence electrons. The van der Waals surface area contributed by atoms with Gasteiger partial charge in [-0.15, -0.1) is 0 Å². The third kappa shape index (κ3) is 3.68. The van der Waals surface area contributed by atoms with Crippen LogP contribution in [0.5, 0.6) is 0 Å². The zero-order chi connectivity index (χ0) is 14.0. The van der Waals surface area contributed by atoms with Gasteiger partial charge in [0, 0.05) is 19.8 Å². The molecule has 0 aliphatic heterocycles. The summed E-state index contributed by atoms with van der Waals surface area (Å²) in [4.78, 5) is -0.289. The van der Waals surface area contributed by atoms with E-state index >= 15 is 0 Å². The Morgan fingerprint density at radius 1 is 1.50 bits per heavy atom. The van der Waals surface area contributed by atoms with E-state index < -0.39 is 22.7 Å². The van der Waals surface area contributed by atoms with Crippen molar-refractivity contribution in [1.29, 1.82) is 0 Å². The van der Waals surface area contributed by atoms with Crippen LogP contribution in [0.25, 0.3) is 0 Å². The van der Waals surface area contributed by atoms with Crippen LogP contribution in [0.15, 0.2) is 17.3 Å². The maximum atomic E-state index is 12.1. The fraction of sp³-hybridized carbons (Fsp3) is 0.625. The van der Waals surface area contributed by atoms with E-state index in [0.717, 1.165) is 19.4 Å². The lowest BCUT2D eigenvalue weighted by atomic mass is 10.6. The Morgan fingerprint density at radius 2 is 2.11 bits per heavy atom. The monoisotopic (exact) mass is 286 g/mol. The van der Waals surface area contributed by atoms with E-state index in [0.29, 0.717) is 6.54 Å². The molecule has 0 unspecified atom stereocenters. The molecule has 0 atom stereocenters. The predicted molar refractivity (Wildman–Crippen MR) is 57.2 cm³/mol. The van der Waals surface area contributed by atoms with Gasteiger partial charge in [-0.1, -0.05) is 0 Å². The number of hydrogen-bond donors (Lipinski definition) is 1. The van der Waals surface area contributed by atoms with Gasteiger partial charge in [-0.2, -0.15) is 22.6 Å². The van der Waals surface area contributed by atoms with E-state index in [1.165, 1.54) is 4.68 Å². The first-order valence-corrected chi connectivity index (χ1v) is 6.36. The standard InChI is InChI=1S/C8H13F3N4O2S/c1-14(6-8(9,10)11)18(16,17)7-4-13-15(5-7)3-2-12/h4-5H,2-3,6,12H2,1H3. The summed E-state index contributed by atoms with van der Waals surface area (Å²) in [6.45, 7) is -1.00. The highest BCUT2D eigenvalue weighted by molar-refractivity contribution is 7.89. The van der Waals surface area contributed by atoms with Gasteiger partial charge in [0.2, 0.25) is 10.0 Å². The first-order valence-electron chi connectivity index (χ1n) is 4.92. The van der Waals surface area contributed by atoms with Gasteiger partial charge in [0.25, 0.3) is 0 Å². The second-order valence-corrected chi connectivity index (χ2v) is 5.65. The number of nitrogens with zero attached hydrogens (tertiary/aromatic N) is 3. The van der Waals surface area contributed by atoms with Crippen molar-refractivity contribution >= 4 is 10.0 Å². The third-order valence-electron chi connectivity index (χ3n) is 2.08. The number of rotatable bonds is 5. The van der Waals surface area contributed by atoms with Gasteiger partial charge >= 0.3 is 6.18 Å². The quantitative estimate of drug-likeness (QED) is 0.827. The highest BCUT2D eigenvalue weighted by Gasteiger charge is 2.35. The molecular formula is C8H13F3N4O2S. The molecule has 0 saturated carbocycles. The molecule has 2 N–H and O–H groups in total. The van der Waals surface area contributed by atoms with Crippen molar-refractivity contribution in [3.63, 3.8) is 0 Å². The minimum absolute atomic E-state index is 0.233. The number of nitrogens with two attached hydrogens (primary N) is 1. The summed E-state index contributed by atoms with van der Waals surface area (Å²) < 4.78 is 61.4. The Bertz CT molecular complexity index is 497. The van der Waals surface area contributed by atoms with E-state index in [-0.39, 0.29) is 15.7 Å². The molecule has 6 nitrogen and oxygen atoms in total. The SMILES string of the molecule is CN(CC(F)(F)F)S(=O)(=O)c1cnn(CCN)c1. The normalized spacial score (nSPS) is 13.2. The summed E-state index contributed by atoms with van der Waals surface area (Å²) in [5.41, 5.74) is 5.25. The number of sulfonamides is 1. The second-order valence-electron chi connectivity index (χ2n) is 3.60. The minimum atomic E-state index is -4.59. The van der Waals surface area contributed by atoms with Crippen molar-refractivity contribution in [2.24, 2.45) is 5.73 Å². The Kier molecular flexibility index (Phi) is 4.35. The van der Waals surface area contributed by atoms with Crippen LogP contribution in [0.1, 0.15) is 0 Å². The molecule has 1 heterocycles. The van der Waals surface area contributed by atoms with E-state index in [1.54, 1.807) is 0 Å². The van der Waals surface area contributed by atoms with Crippen molar-refractivity contribution < 1.29 is 21.6 Å². The summed E-state index contributed by atoms with van der Waals surface area (Å²) in [6.07, 6.45) is -2.44. The molecule has 0 aliphatic rings. The van der Waals surface area contributed by atoms with Crippen molar-refractivity contribution in [2.45, 2.75) is 17.6 Å². The van der Waals surface area contributed by atoms with Crippen LogP contribution in [0.2, 0.25) is 0 Å². The van der Waals surface area contributed by atoms with Crippen molar-refractivity contribution in [1.82, 2.24) is 14.1 Å². The number of hydrogen-bond acceptors (Lipinski definition) is 4. The average molecular weight is 286 g/mol. The minimum Gasteiger partial charge on any atom is -0.329 e. The van der Waals surface area contributed by atoms with Gasteiger partial charge in [-0.3, -0.25) is 4.68 Å². The molecule has 0 fully saturated rings. The summed E-state index contributed by atoms with van der Waals surface area (Å²) in [7, 11) is -3.32. The van der Waals surface area contributed by atoms with Crippen molar-refractivity contribution in [2.75, 3.05) is 20.1 Å². The average Bonchev–Trinajstić information content (AvgIpc) is 2.64. The van der Waals surface area contributed by atoms with Crippen LogP contribution < -0.4 is 5.73 Å². The van der Waals surface area contributed by atoms with Crippen LogP contribution in [-0.4, -0.2) is 48.8 Å². The topological polar surface area (TPSA) is 81.2 Å². The van der Waals surface area contributed by atoms with Gasteiger partial charge in [-0.25, -0.2) is 8.42 Å². The molecule has 10 heteroatoms. The van der Waals surface area contributed by atoms with Gasteiger partial charge in [0.1, 0.15) is 11.4 Å². The van der Waals surface area contributed by atoms with E-state index in [9.17, 15) is 21.6 Å². The maximum Gasteiger partial charge on any atom is 0.402 e. The van der Waals surface area contributed by atoms with Gasteiger partial charge < -0.3 is 5.73 Å². The molecule has 1 rings (SSSR count). The van der Waals surface area contributed by atoms with Gasteiger partial charge in [0.15, 0.2) is 0 Å². The Hall–Kier alpha value is -1.13. The second kappa shape index (κ2) is 5.24. The zero-order valence-corrected chi connectivity index (χ0v) is 10.4. The summed E-state index contributed by atoms with van der Waals surface area (Å²) in [5.74, 6) is 0. The number of aromatic nitrogens is 2. The van der Waals surface area contributed by atoms with Crippen LogP contribution in [0.4, 0.5) is 13.2 Å². The maximum absolute atomic E-state index is 12.1. The number of halogens is 3. The number of alkyl halides is 3. The summed E-state index contributed by atoms with van der Waals surface area (Å²) in [5, 5.41) is 3.70. The van der Waals surface area contributed by atoms with E-state index in [4.69, 9.17) is 5.73 Å². The molecule has 0 aliphatic carbocycles. The Morgan fingerprint density at radius 3 is 2.61 bits per heavy atom. The lowest BCUT2D eigenvalue weighted by Gasteiger charge is -2.17. The molecule has 18 heavy (non-hydrogen) atoms. The molecule has 0 spiro atoms. The fourth-order valence-electron chi connectivity index (χ4n) is 1.25. The summed E-state index contributed by atoms with van der Waals surface area (Å²) in [6, 6.07) is 0. The van der Waals surface area contributed by atoms with E-state index in [1.807, 2.05) is 0 Å². The van der Waals surface area contributed by atoms with E-state index in [2.05, 4.69) is 5.10 Å². The van der Waals surface area contributed by atoms with Crippen molar-refractivity contribution in [3.8, 4) is 0 Å². The Labute approximate surface area is 102 Å². The highest BCUT2D eigenvalue weighted by Crippen LogP contribution is 2.20. The molecule has 0 saturated heterocycles. The summed E-state index contributed by atoms with van der Waals surface area (Å²) >= 11 is 0. The molecule has 1 aromatic rings. The lowest BCUT2D eigenvalue weighted by molar-refractivity contribution is -0.134. The zero-order valence-electron chi connectivity index (χ0n) is 9.55. The van der Waals surface area contributed by atoms with Crippen LogP contribution in [0.3, 0.4) is 0 Å². The molecule has 0 radical (unpaired) electrons. The molecular weight excluding hydrogens is 273 g/mol. The van der Waals surface area contributed by atoms with Crippen LogP contribution in [0, 0.1) is 0 Å².